The number of carbonyl (C=O) groups is 1. The molecule has 5 heteroatoms. The van der Waals surface area contributed by atoms with Crippen LogP contribution in [0.25, 0.3) is 0 Å². The Balaban J connectivity index is 1.61. The van der Waals surface area contributed by atoms with Crippen LogP contribution in [0.15, 0.2) is 30.3 Å². The quantitative estimate of drug-likeness (QED) is 0.911. The zero-order valence-corrected chi connectivity index (χ0v) is 13.7. The van der Waals surface area contributed by atoms with Gasteiger partial charge in [0.15, 0.2) is 0 Å². The summed E-state index contributed by atoms with van der Waals surface area (Å²) in [5, 5.41) is 7.46. The molecule has 1 aliphatic rings. The third-order valence-electron chi connectivity index (χ3n) is 4.50. The van der Waals surface area contributed by atoms with Crippen molar-refractivity contribution in [2.75, 3.05) is 5.32 Å². The summed E-state index contributed by atoms with van der Waals surface area (Å²) in [7, 11) is 0. The van der Waals surface area contributed by atoms with Crippen molar-refractivity contribution in [2.24, 2.45) is 11.7 Å². The number of carbonyl (C=O) groups excluding carboxylic acids is 1. The molecule has 0 unspecified atom stereocenters. The molecule has 1 fully saturated rings. The summed E-state index contributed by atoms with van der Waals surface area (Å²) in [6.45, 7) is 4.79. The van der Waals surface area contributed by atoms with Crippen LogP contribution in [-0.4, -0.2) is 21.7 Å². The number of nitrogens with one attached hydrogen (secondary N) is 1. The van der Waals surface area contributed by atoms with Crippen LogP contribution in [0.1, 0.15) is 36.2 Å². The predicted octanol–water partition coefficient (Wildman–Crippen LogP) is 2.61. The maximum Gasteiger partial charge on any atom is 0.227 e. The van der Waals surface area contributed by atoms with Crippen LogP contribution in [0.3, 0.4) is 0 Å². The van der Waals surface area contributed by atoms with E-state index < -0.39 is 0 Å². The second-order valence-corrected chi connectivity index (χ2v) is 6.54. The lowest BCUT2D eigenvalue weighted by molar-refractivity contribution is -0.119. The highest BCUT2D eigenvalue weighted by molar-refractivity contribution is 5.92. The summed E-state index contributed by atoms with van der Waals surface area (Å²) >= 11 is 0. The third kappa shape index (κ3) is 3.79. The van der Waals surface area contributed by atoms with E-state index in [1.54, 1.807) is 0 Å². The Hall–Kier alpha value is -2.14. The van der Waals surface area contributed by atoms with Gasteiger partial charge in [0.05, 0.1) is 12.2 Å². The van der Waals surface area contributed by atoms with Crippen LogP contribution in [-0.2, 0) is 11.3 Å². The van der Waals surface area contributed by atoms with E-state index >= 15 is 0 Å². The summed E-state index contributed by atoms with van der Waals surface area (Å²) in [5.41, 5.74) is 10.1. The fourth-order valence-corrected chi connectivity index (χ4v) is 3.20. The Kier molecular flexibility index (Phi) is 4.48. The van der Waals surface area contributed by atoms with E-state index in [1.807, 2.05) is 35.9 Å². The predicted molar refractivity (Wildman–Crippen MR) is 91.2 cm³/mol. The molecule has 1 amide bonds. The third-order valence-corrected chi connectivity index (χ3v) is 4.50. The van der Waals surface area contributed by atoms with E-state index in [9.17, 15) is 4.79 Å². The van der Waals surface area contributed by atoms with Crippen molar-refractivity contribution in [1.29, 1.82) is 0 Å². The fraction of sp³-hybridized carbons (Fsp3) is 0.444. The average Bonchev–Trinajstić information content (AvgIpc) is 3.07. The zero-order valence-electron chi connectivity index (χ0n) is 13.7. The molecule has 1 saturated carbocycles. The monoisotopic (exact) mass is 312 g/mol. The minimum absolute atomic E-state index is 0.0550. The number of anilines is 1. The number of amides is 1. The number of hydrogen-bond donors (Lipinski definition) is 2. The minimum atomic E-state index is 0.0550. The molecule has 3 rings (SSSR count). The lowest BCUT2D eigenvalue weighted by Gasteiger charge is -2.11. The smallest absolute Gasteiger partial charge is 0.227 e. The summed E-state index contributed by atoms with van der Waals surface area (Å²) in [6.07, 6.45) is 2.63. The van der Waals surface area contributed by atoms with Gasteiger partial charge in [-0.2, -0.15) is 5.10 Å². The molecule has 5 nitrogen and oxygen atoms in total. The van der Waals surface area contributed by atoms with Crippen molar-refractivity contribution < 1.29 is 4.79 Å². The molecule has 0 saturated heterocycles. The van der Waals surface area contributed by atoms with Gasteiger partial charge in [-0.25, -0.2) is 0 Å². The number of benzene rings is 1. The number of nitrogens with two attached hydrogens (primary N) is 1. The van der Waals surface area contributed by atoms with Crippen LogP contribution in [0.5, 0.6) is 0 Å². The SMILES string of the molecule is Cc1cc(C)n(Cc2ccc(NC(=O)[C@@H]3CC[C@H](N)C3)cc2)n1. The molecule has 2 atom stereocenters. The van der Waals surface area contributed by atoms with Crippen LogP contribution >= 0.6 is 0 Å². The number of rotatable bonds is 4. The normalized spacial score (nSPS) is 20.7. The molecule has 23 heavy (non-hydrogen) atoms. The van der Waals surface area contributed by atoms with Gasteiger partial charge in [0.2, 0.25) is 5.91 Å². The van der Waals surface area contributed by atoms with E-state index in [1.165, 1.54) is 0 Å². The highest BCUT2D eigenvalue weighted by Gasteiger charge is 2.27. The van der Waals surface area contributed by atoms with Crippen LogP contribution in [0, 0.1) is 19.8 Å². The van der Waals surface area contributed by atoms with Gasteiger partial charge in [-0.15, -0.1) is 0 Å². The molecule has 1 aromatic carbocycles. The minimum Gasteiger partial charge on any atom is -0.328 e. The standard InChI is InChI=1S/C18H24N4O/c1-12-9-13(2)22(21-12)11-14-3-7-17(8-4-14)20-18(23)15-5-6-16(19)10-15/h3-4,7-9,15-16H,5-6,10-11,19H2,1-2H3,(H,20,23)/t15-,16+/m1/s1. The number of hydrogen-bond acceptors (Lipinski definition) is 3. The first-order chi connectivity index (χ1) is 11.0. The molecule has 0 bridgehead atoms. The van der Waals surface area contributed by atoms with Gasteiger partial charge in [0.25, 0.3) is 0 Å². The van der Waals surface area contributed by atoms with Gasteiger partial charge in [0.1, 0.15) is 0 Å². The largest absolute Gasteiger partial charge is 0.328 e. The summed E-state index contributed by atoms with van der Waals surface area (Å²) in [5.74, 6) is 0.142. The van der Waals surface area contributed by atoms with Gasteiger partial charge < -0.3 is 11.1 Å². The van der Waals surface area contributed by atoms with E-state index in [0.29, 0.717) is 0 Å². The lowest BCUT2D eigenvalue weighted by Crippen LogP contribution is -2.23. The molecular formula is C18H24N4O. The molecule has 3 N–H and O–H groups in total. The molecule has 1 heterocycles. The molecule has 1 aromatic heterocycles. The van der Waals surface area contributed by atoms with Crippen molar-refractivity contribution in [2.45, 2.75) is 45.7 Å². The highest BCUT2D eigenvalue weighted by atomic mass is 16.1. The van der Waals surface area contributed by atoms with E-state index in [-0.39, 0.29) is 17.9 Å². The van der Waals surface area contributed by atoms with Crippen LogP contribution in [0.4, 0.5) is 5.69 Å². The summed E-state index contributed by atoms with van der Waals surface area (Å²) < 4.78 is 1.99. The van der Waals surface area contributed by atoms with Crippen molar-refractivity contribution in [3.8, 4) is 0 Å². The molecule has 122 valence electrons. The Labute approximate surface area is 136 Å². The maximum absolute atomic E-state index is 12.2. The summed E-state index contributed by atoms with van der Waals surface area (Å²) in [6, 6.07) is 10.2. The Morgan fingerprint density at radius 3 is 2.61 bits per heavy atom. The van der Waals surface area contributed by atoms with E-state index in [0.717, 1.165) is 48.4 Å². The Bertz CT molecular complexity index is 690. The first-order valence-corrected chi connectivity index (χ1v) is 8.17. The Morgan fingerprint density at radius 1 is 1.30 bits per heavy atom. The van der Waals surface area contributed by atoms with Crippen LogP contribution < -0.4 is 11.1 Å². The van der Waals surface area contributed by atoms with Crippen LogP contribution in [0.2, 0.25) is 0 Å². The average molecular weight is 312 g/mol. The zero-order chi connectivity index (χ0) is 16.4. The van der Waals surface area contributed by atoms with Gasteiger partial charge in [0, 0.05) is 23.3 Å². The number of nitrogens with zero attached hydrogens (tertiary/aromatic N) is 2. The second kappa shape index (κ2) is 6.54. The van der Waals surface area contributed by atoms with Crippen molar-refractivity contribution in [1.82, 2.24) is 9.78 Å². The van der Waals surface area contributed by atoms with Crippen molar-refractivity contribution in [3.05, 3.63) is 47.3 Å². The second-order valence-electron chi connectivity index (χ2n) is 6.54. The molecule has 0 radical (unpaired) electrons. The van der Waals surface area contributed by atoms with Crippen molar-refractivity contribution in [3.63, 3.8) is 0 Å². The topological polar surface area (TPSA) is 72.9 Å². The highest BCUT2D eigenvalue weighted by Crippen LogP contribution is 2.25. The maximum atomic E-state index is 12.2. The number of aryl methyl sites for hydroxylation is 2. The van der Waals surface area contributed by atoms with Gasteiger partial charge in [-0.3, -0.25) is 9.48 Å². The first kappa shape index (κ1) is 15.7. The molecule has 0 aliphatic heterocycles. The Morgan fingerprint density at radius 2 is 2.04 bits per heavy atom. The lowest BCUT2D eigenvalue weighted by atomic mass is 10.1. The first-order valence-electron chi connectivity index (χ1n) is 8.17. The molecule has 1 aliphatic carbocycles. The van der Waals surface area contributed by atoms with Gasteiger partial charge in [-0.1, -0.05) is 12.1 Å². The van der Waals surface area contributed by atoms with Crippen molar-refractivity contribution >= 4 is 11.6 Å². The van der Waals surface area contributed by atoms with Gasteiger partial charge >= 0.3 is 0 Å². The fourth-order valence-electron chi connectivity index (χ4n) is 3.20. The van der Waals surface area contributed by atoms with E-state index in [4.69, 9.17) is 5.73 Å². The molecule has 0 spiro atoms. The number of aromatic nitrogens is 2. The van der Waals surface area contributed by atoms with E-state index in [2.05, 4.69) is 23.4 Å². The molecular weight excluding hydrogens is 288 g/mol. The van der Waals surface area contributed by atoms with Gasteiger partial charge in [-0.05, 0) is 56.9 Å². The molecule has 2 aromatic rings. The summed E-state index contributed by atoms with van der Waals surface area (Å²) in [4.78, 5) is 12.2.